The molecule has 0 aliphatic rings. The molecule has 0 aliphatic heterocycles. The van der Waals surface area contributed by atoms with Gasteiger partial charge in [0.25, 0.3) is 0 Å². The van der Waals surface area contributed by atoms with Crippen LogP contribution < -0.4 is 9.61 Å². The molecule has 1 aromatic rings. The Morgan fingerprint density at radius 3 is 2.50 bits per heavy atom. The summed E-state index contributed by atoms with van der Waals surface area (Å²) >= 11 is 7.36. The quantitative estimate of drug-likeness (QED) is 0.464. The molecule has 1 unspecified atom stereocenters. The largest absolute Gasteiger partial charge is 0.468 e. The summed E-state index contributed by atoms with van der Waals surface area (Å²) in [5.41, 5.74) is 0. The standard InChI is InChI=1S/C10H12ClINO4P/c1-7(10(14)16-2)13-18(12,15)17-9-5-3-8(11)4-6-9/h3-7H,1-2H3,(H,13,15)/t7-,18?/m0/s1. The highest BCUT2D eigenvalue weighted by atomic mass is 127. The zero-order valence-corrected chi connectivity index (χ0v) is 13.5. The first-order valence-electron chi connectivity index (χ1n) is 4.94. The Kier molecular flexibility index (Phi) is 5.91. The van der Waals surface area contributed by atoms with Gasteiger partial charge in [0.2, 0.25) is 0 Å². The predicted octanol–water partition coefficient (Wildman–Crippen LogP) is 3.41. The monoisotopic (exact) mass is 403 g/mol. The molecular formula is C10H12ClINO4P. The molecule has 100 valence electrons. The van der Waals surface area contributed by atoms with Crippen molar-refractivity contribution >= 4 is 44.8 Å². The predicted molar refractivity (Wildman–Crippen MR) is 78.3 cm³/mol. The van der Waals surface area contributed by atoms with Crippen molar-refractivity contribution in [1.29, 1.82) is 0 Å². The highest BCUT2D eigenvalue weighted by molar-refractivity contribution is 14.2. The topological polar surface area (TPSA) is 64.6 Å². The van der Waals surface area contributed by atoms with Crippen molar-refractivity contribution in [2.24, 2.45) is 0 Å². The van der Waals surface area contributed by atoms with Gasteiger partial charge in [-0.2, -0.15) is 0 Å². The molecule has 0 aliphatic carbocycles. The number of hydrogen-bond donors (Lipinski definition) is 1. The average molecular weight is 404 g/mol. The van der Waals surface area contributed by atoms with E-state index in [1.165, 1.54) is 7.11 Å². The molecular weight excluding hydrogens is 391 g/mol. The van der Waals surface area contributed by atoms with E-state index < -0.39 is 17.2 Å². The molecule has 1 rings (SSSR count). The third kappa shape index (κ3) is 5.14. The molecule has 0 heterocycles. The Hall–Kier alpha value is -0.300. The third-order valence-electron chi connectivity index (χ3n) is 1.94. The summed E-state index contributed by atoms with van der Waals surface area (Å²) in [7, 11) is 1.26. The average Bonchev–Trinajstić information content (AvgIpc) is 2.30. The molecule has 0 spiro atoms. The van der Waals surface area contributed by atoms with Crippen molar-refractivity contribution in [2.75, 3.05) is 7.11 Å². The van der Waals surface area contributed by atoms with Crippen LogP contribution in [0.15, 0.2) is 24.3 Å². The van der Waals surface area contributed by atoms with Gasteiger partial charge < -0.3 is 9.26 Å². The maximum absolute atomic E-state index is 12.1. The summed E-state index contributed by atoms with van der Waals surface area (Å²) in [4.78, 5) is 11.2. The number of rotatable bonds is 5. The number of esters is 1. The van der Waals surface area contributed by atoms with Crippen LogP contribution in [0.3, 0.4) is 0 Å². The number of nitrogens with one attached hydrogen (secondary N) is 1. The van der Waals surface area contributed by atoms with Crippen LogP contribution >= 0.6 is 38.8 Å². The van der Waals surface area contributed by atoms with E-state index in [1.54, 1.807) is 53.2 Å². The van der Waals surface area contributed by atoms with E-state index >= 15 is 0 Å². The molecule has 2 atom stereocenters. The number of hydrogen-bond acceptors (Lipinski definition) is 4. The molecule has 1 N–H and O–H groups in total. The molecule has 0 radical (unpaired) electrons. The van der Waals surface area contributed by atoms with Gasteiger partial charge in [0.15, 0.2) is 0 Å². The Labute approximate surface area is 123 Å². The number of carbonyl (C=O) groups excluding carboxylic acids is 1. The zero-order chi connectivity index (χ0) is 13.8. The van der Waals surface area contributed by atoms with Gasteiger partial charge in [0.1, 0.15) is 11.8 Å². The van der Waals surface area contributed by atoms with Gasteiger partial charge in [-0.1, -0.05) is 11.6 Å². The lowest BCUT2D eigenvalue weighted by Gasteiger charge is -2.18. The van der Waals surface area contributed by atoms with Crippen LogP contribution in [0, 0.1) is 0 Å². The third-order valence-corrected chi connectivity index (χ3v) is 4.76. The van der Waals surface area contributed by atoms with Gasteiger partial charge in [-0.3, -0.25) is 4.79 Å². The molecule has 1 aromatic carbocycles. The number of methoxy groups -OCH3 is 1. The number of benzene rings is 1. The maximum atomic E-state index is 12.1. The van der Waals surface area contributed by atoms with E-state index in [0.717, 1.165) is 0 Å². The number of carbonyl (C=O) groups is 1. The summed E-state index contributed by atoms with van der Waals surface area (Å²) in [6.07, 6.45) is 0. The van der Waals surface area contributed by atoms with Gasteiger partial charge in [-0.15, -0.1) is 0 Å². The molecule has 0 amide bonds. The summed E-state index contributed by atoms with van der Waals surface area (Å²) in [6, 6.07) is 5.72. The fraction of sp³-hybridized carbons (Fsp3) is 0.300. The second kappa shape index (κ2) is 6.75. The molecule has 18 heavy (non-hydrogen) atoms. The minimum Gasteiger partial charge on any atom is -0.468 e. The number of halogens is 2. The van der Waals surface area contributed by atoms with Crippen molar-refractivity contribution in [1.82, 2.24) is 5.09 Å². The zero-order valence-electron chi connectivity index (χ0n) is 9.72. The van der Waals surface area contributed by atoms with Gasteiger partial charge in [-0.05, 0) is 31.2 Å². The van der Waals surface area contributed by atoms with E-state index in [1.807, 2.05) is 0 Å². The molecule has 8 heteroatoms. The summed E-state index contributed by atoms with van der Waals surface area (Å²) in [6.45, 7) is 1.54. The van der Waals surface area contributed by atoms with Crippen LogP contribution in [0.25, 0.3) is 0 Å². The first-order valence-corrected chi connectivity index (χ1v) is 9.73. The van der Waals surface area contributed by atoms with E-state index in [9.17, 15) is 9.36 Å². The summed E-state index contributed by atoms with van der Waals surface area (Å²) < 4.78 is 21.9. The first kappa shape index (κ1) is 15.8. The molecule has 5 nitrogen and oxygen atoms in total. The molecule has 0 saturated carbocycles. The minimum atomic E-state index is -3.18. The second-order valence-corrected chi connectivity index (χ2v) is 9.05. The number of ether oxygens (including phenoxy) is 1. The Morgan fingerprint density at radius 1 is 1.44 bits per heavy atom. The molecule has 0 fully saturated rings. The van der Waals surface area contributed by atoms with Crippen molar-refractivity contribution in [3.05, 3.63) is 29.3 Å². The first-order chi connectivity index (χ1) is 8.34. The van der Waals surface area contributed by atoms with Crippen LogP contribution in [0.5, 0.6) is 5.75 Å². The van der Waals surface area contributed by atoms with E-state index in [4.69, 9.17) is 16.1 Å². The Balaban J connectivity index is 2.67. The lowest BCUT2D eigenvalue weighted by Crippen LogP contribution is -2.32. The van der Waals surface area contributed by atoms with Crippen molar-refractivity contribution in [3.8, 4) is 5.75 Å². The van der Waals surface area contributed by atoms with Crippen molar-refractivity contribution in [2.45, 2.75) is 13.0 Å². The lowest BCUT2D eigenvalue weighted by atomic mass is 10.3. The highest BCUT2D eigenvalue weighted by Gasteiger charge is 2.26. The van der Waals surface area contributed by atoms with Crippen molar-refractivity contribution < 1.29 is 18.6 Å². The van der Waals surface area contributed by atoms with E-state index in [0.29, 0.717) is 10.8 Å². The van der Waals surface area contributed by atoms with Gasteiger partial charge in [0.05, 0.1) is 29.2 Å². The summed E-state index contributed by atoms with van der Waals surface area (Å²) in [5, 5.41) is -0.0372. The fourth-order valence-corrected chi connectivity index (χ4v) is 4.19. The highest BCUT2D eigenvalue weighted by Crippen LogP contribution is 2.51. The van der Waals surface area contributed by atoms with Gasteiger partial charge in [0, 0.05) is 5.02 Å². The minimum absolute atomic E-state index is 0.404. The van der Waals surface area contributed by atoms with E-state index in [-0.39, 0.29) is 0 Å². The van der Waals surface area contributed by atoms with E-state index in [2.05, 4.69) is 9.82 Å². The van der Waals surface area contributed by atoms with Gasteiger partial charge in [-0.25, -0.2) is 9.65 Å². The molecule has 0 saturated heterocycles. The Bertz CT molecular complexity index is 467. The summed E-state index contributed by atoms with van der Waals surface area (Å²) in [5.74, 6) is -0.103. The van der Waals surface area contributed by atoms with Gasteiger partial charge >= 0.3 is 11.1 Å². The van der Waals surface area contributed by atoms with Crippen LogP contribution in [-0.2, 0) is 14.1 Å². The SMILES string of the molecule is COC(=O)[C@H](C)NP(=O)(I)Oc1ccc(Cl)cc1. The Morgan fingerprint density at radius 2 is 2.00 bits per heavy atom. The van der Waals surface area contributed by atoms with Crippen molar-refractivity contribution in [3.63, 3.8) is 0 Å². The van der Waals surface area contributed by atoms with Crippen LogP contribution in [-0.4, -0.2) is 19.1 Å². The normalized spacial score (nSPS) is 15.6. The molecule has 0 aromatic heterocycles. The fourth-order valence-electron chi connectivity index (χ4n) is 1.12. The second-order valence-electron chi connectivity index (χ2n) is 3.40. The van der Waals surface area contributed by atoms with Crippen LogP contribution in [0.4, 0.5) is 0 Å². The smallest absolute Gasteiger partial charge is 0.374 e. The lowest BCUT2D eigenvalue weighted by molar-refractivity contribution is -0.142. The van der Waals surface area contributed by atoms with Crippen LogP contribution in [0.1, 0.15) is 6.92 Å². The maximum Gasteiger partial charge on any atom is 0.374 e. The molecule has 0 bridgehead atoms. The van der Waals surface area contributed by atoms with Crippen LogP contribution in [0.2, 0.25) is 5.02 Å².